The molecule has 3 nitrogen and oxygen atoms in total. The molecule has 3 heteroatoms. The molecule has 0 radical (unpaired) electrons. The summed E-state index contributed by atoms with van der Waals surface area (Å²) in [4.78, 5) is 5.51. The molecule has 3 fully saturated rings. The van der Waals surface area contributed by atoms with Crippen molar-refractivity contribution in [3.8, 4) is 0 Å². The molecule has 3 aliphatic rings. The predicted octanol–water partition coefficient (Wildman–Crippen LogP) is 1.67. The van der Waals surface area contributed by atoms with Crippen molar-refractivity contribution in [1.82, 2.24) is 9.80 Å². The van der Waals surface area contributed by atoms with Crippen molar-refractivity contribution in [2.75, 3.05) is 26.2 Å². The van der Waals surface area contributed by atoms with Gasteiger partial charge in [0, 0.05) is 37.3 Å². The van der Waals surface area contributed by atoms with E-state index in [1.807, 2.05) is 0 Å². The second-order valence-electron chi connectivity index (χ2n) is 7.09. The van der Waals surface area contributed by atoms with Crippen LogP contribution in [0.4, 0.5) is 0 Å². The molecule has 2 saturated heterocycles. The van der Waals surface area contributed by atoms with Gasteiger partial charge in [-0.05, 0) is 45.1 Å². The Hall–Kier alpha value is -0.120. The summed E-state index contributed by atoms with van der Waals surface area (Å²) in [5, 5.41) is 0. The normalized spacial score (nSPS) is 46.5. The Balaban J connectivity index is 1.72. The van der Waals surface area contributed by atoms with Crippen LogP contribution in [0.25, 0.3) is 0 Å². The fraction of sp³-hybridized carbons (Fsp3) is 1.00. The maximum atomic E-state index is 6.14. The maximum Gasteiger partial charge on any atom is 0.0340 e. The highest BCUT2D eigenvalue weighted by Crippen LogP contribution is 2.44. The minimum atomic E-state index is 0.350. The van der Waals surface area contributed by atoms with Crippen LogP contribution in [0.5, 0.6) is 0 Å². The lowest BCUT2D eigenvalue weighted by atomic mass is 9.67. The number of fused-ring (bicyclic) bond motifs is 1. The van der Waals surface area contributed by atoms with Crippen LogP contribution in [0.2, 0.25) is 0 Å². The smallest absolute Gasteiger partial charge is 0.0340 e. The molecule has 1 saturated carbocycles. The Labute approximate surface area is 112 Å². The second kappa shape index (κ2) is 4.77. The molecule has 0 aromatic heterocycles. The number of piperazine rings is 1. The summed E-state index contributed by atoms with van der Waals surface area (Å²) in [5.74, 6) is 0.880. The van der Waals surface area contributed by atoms with Crippen molar-refractivity contribution in [1.29, 1.82) is 0 Å². The van der Waals surface area contributed by atoms with E-state index in [4.69, 9.17) is 5.73 Å². The quantitative estimate of drug-likeness (QED) is 0.810. The van der Waals surface area contributed by atoms with Crippen molar-refractivity contribution in [3.63, 3.8) is 0 Å². The van der Waals surface area contributed by atoms with Gasteiger partial charge in [0.25, 0.3) is 0 Å². The number of rotatable bonds is 2. The third-order valence-corrected chi connectivity index (χ3v) is 5.63. The summed E-state index contributed by atoms with van der Waals surface area (Å²) in [6.45, 7) is 9.50. The molecule has 0 aromatic rings. The molecule has 0 spiro atoms. The summed E-state index contributed by atoms with van der Waals surface area (Å²) in [6.07, 6.45) is 6.87. The fourth-order valence-electron chi connectivity index (χ4n) is 4.77. The van der Waals surface area contributed by atoms with E-state index < -0.39 is 0 Å². The Kier molecular flexibility index (Phi) is 3.41. The highest BCUT2D eigenvalue weighted by Gasteiger charge is 2.49. The van der Waals surface area contributed by atoms with Crippen molar-refractivity contribution >= 4 is 0 Å². The average Bonchev–Trinajstić information content (AvgIpc) is 2.34. The lowest BCUT2D eigenvalue weighted by molar-refractivity contribution is -0.0924. The summed E-state index contributed by atoms with van der Waals surface area (Å²) in [5.41, 5.74) is 6.49. The monoisotopic (exact) mass is 251 g/mol. The van der Waals surface area contributed by atoms with E-state index in [2.05, 4.69) is 23.6 Å². The average molecular weight is 251 g/mol. The van der Waals surface area contributed by atoms with Crippen LogP contribution in [-0.2, 0) is 0 Å². The molecule has 2 N–H and O–H groups in total. The van der Waals surface area contributed by atoms with Gasteiger partial charge in [0.15, 0.2) is 0 Å². The second-order valence-corrected chi connectivity index (χ2v) is 7.09. The van der Waals surface area contributed by atoms with E-state index in [1.54, 1.807) is 0 Å². The minimum absolute atomic E-state index is 0.350. The first kappa shape index (κ1) is 12.9. The van der Waals surface area contributed by atoms with Gasteiger partial charge in [0.2, 0.25) is 0 Å². The minimum Gasteiger partial charge on any atom is -0.329 e. The molecule has 2 unspecified atom stereocenters. The summed E-state index contributed by atoms with van der Waals surface area (Å²) in [7, 11) is 0. The molecule has 1 aliphatic carbocycles. The first-order valence-electron chi connectivity index (χ1n) is 7.85. The molecule has 2 heterocycles. The van der Waals surface area contributed by atoms with E-state index in [-0.39, 0.29) is 0 Å². The summed E-state index contributed by atoms with van der Waals surface area (Å²) >= 11 is 0. The molecule has 2 atom stereocenters. The number of hydrogen-bond acceptors (Lipinski definition) is 3. The molecule has 0 aromatic carbocycles. The highest BCUT2D eigenvalue weighted by molar-refractivity contribution is 5.06. The Morgan fingerprint density at radius 2 is 1.94 bits per heavy atom. The zero-order valence-corrected chi connectivity index (χ0v) is 12.1. The van der Waals surface area contributed by atoms with E-state index in [1.165, 1.54) is 51.7 Å². The van der Waals surface area contributed by atoms with E-state index in [9.17, 15) is 0 Å². The number of nitrogens with zero attached hydrogens (tertiary/aromatic N) is 2. The first-order chi connectivity index (χ1) is 8.64. The van der Waals surface area contributed by atoms with E-state index in [0.717, 1.165) is 18.5 Å². The highest BCUT2D eigenvalue weighted by atomic mass is 15.3. The molecule has 104 valence electrons. The van der Waals surface area contributed by atoms with Gasteiger partial charge in [-0.25, -0.2) is 0 Å². The molecule has 0 amide bonds. The van der Waals surface area contributed by atoms with E-state index >= 15 is 0 Å². The topological polar surface area (TPSA) is 32.5 Å². The van der Waals surface area contributed by atoms with Crippen LogP contribution in [-0.4, -0.2) is 53.6 Å². The number of nitrogens with two attached hydrogens (primary N) is 1. The molecular formula is C15H29N3. The standard InChI is InChI=1S/C15H29N3/c1-12-7-15(8-12,11-16)18-10-14-5-3-4-6-17(14)9-13(18)2/h12-14H,3-11,16H2,1-2H3. The van der Waals surface area contributed by atoms with Crippen LogP contribution in [0.3, 0.4) is 0 Å². The van der Waals surface area contributed by atoms with Gasteiger partial charge in [-0.2, -0.15) is 0 Å². The van der Waals surface area contributed by atoms with Crippen LogP contribution in [0, 0.1) is 5.92 Å². The molecule has 18 heavy (non-hydrogen) atoms. The summed E-state index contributed by atoms with van der Waals surface area (Å²) < 4.78 is 0. The number of piperidine rings is 1. The first-order valence-corrected chi connectivity index (χ1v) is 7.85. The van der Waals surface area contributed by atoms with Crippen molar-refractivity contribution in [2.24, 2.45) is 11.7 Å². The van der Waals surface area contributed by atoms with Gasteiger partial charge >= 0.3 is 0 Å². The van der Waals surface area contributed by atoms with Crippen LogP contribution < -0.4 is 5.73 Å². The van der Waals surface area contributed by atoms with Crippen molar-refractivity contribution in [2.45, 2.75) is 63.6 Å². The largest absolute Gasteiger partial charge is 0.329 e. The van der Waals surface area contributed by atoms with Gasteiger partial charge in [0.05, 0.1) is 0 Å². The third kappa shape index (κ3) is 2.00. The maximum absolute atomic E-state index is 6.14. The SMILES string of the molecule is CC1CC(CN)(N2CC3CCCCN3CC2C)C1. The number of hydrogen-bond donors (Lipinski definition) is 1. The zero-order chi connectivity index (χ0) is 12.8. The lowest BCUT2D eigenvalue weighted by Crippen LogP contribution is -2.70. The van der Waals surface area contributed by atoms with Gasteiger partial charge in [-0.3, -0.25) is 9.80 Å². The molecule has 3 rings (SSSR count). The Bertz CT molecular complexity index is 298. The van der Waals surface area contributed by atoms with Crippen molar-refractivity contribution < 1.29 is 0 Å². The van der Waals surface area contributed by atoms with Gasteiger partial charge in [-0.1, -0.05) is 13.3 Å². The van der Waals surface area contributed by atoms with E-state index in [0.29, 0.717) is 11.6 Å². The molecule has 2 aliphatic heterocycles. The summed E-state index contributed by atoms with van der Waals surface area (Å²) in [6, 6.07) is 1.50. The third-order valence-electron chi connectivity index (χ3n) is 5.63. The van der Waals surface area contributed by atoms with Crippen LogP contribution in [0.1, 0.15) is 46.0 Å². The van der Waals surface area contributed by atoms with Gasteiger partial charge in [-0.15, -0.1) is 0 Å². The fourth-order valence-corrected chi connectivity index (χ4v) is 4.77. The van der Waals surface area contributed by atoms with Crippen LogP contribution >= 0.6 is 0 Å². The Morgan fingerprint density at radius 1 is 1.17 bits per heavy atom. The van der Waals surface area contributed by atoms with Gasteiger partial charge < -0.3 is 5.73 Å². The zero-order valence-electron chi connectivity index (χ0n) is 12.1. The lowest BCUT2D eigenvalue weighted by Gasteiger charge is -2.60. The Morgan fingerprint density at radius 3 is 2.61 bits per heavy atom. The molecule has 0 bridgehead atoms. The van der Waals surface area contributed by atoms with Crippen LogP contribution in [0.15, 0.2) is 0 Å². The van der Waals surface area contributed by atoms with Crippen molar-refractivity contribution in [3.05, 3.63) is 0 Å². The van der Waals surface area contributed by atoms with Gasteiger partial charge in [0.1, 0.15) is 0 Å². The predicted molar refractivity (Wildman–Crippen MR) is 75.6 cm³/mol. The molecular weight excluding hydrogens is 222 g/mol.